The maximum Gasteiger partial charge on any atom is 0.219 e. The minimum Gasteiger partial charge on any atom is -0.385 e. The molecular weight excluding hydrogens is 280 g/mol. The van der Waals surface area contributed by atoms with Crippen LogP contribution in [0.5, 0.6) is 0 Å². The molecule has 0 saturated heterocycles. The molecule has 0 radical (unpaired) electrons. The molecule has 17 heavy (non-hydrogen) atoms. The molecule has 0 fully saturated rings. The van der Waals surface area contributed by atoms with Crippen molar-refractivity contribution in [2.45, 2.75) is 26.7 Å². The Morgan fingerprint density at radius 2 is 1.88 bits per heavy atom. The molecule has 1 aromatic rings. The Kier molecular flexibility index (Phi) is 5.48. The summed E-state index contributed by atoms with van der Waals surface area (Å²) in [6.45, 7) is 4.98. The lowest BCUT2D eigenvalue weighted by molar-refractivity contribution is -0.120. The second kappa shape index (κ2) is 6.64. The van der Waals surface area contributed by atoms with E-state index in [1.807, 2.05) is 0 Å². The molecular formula is C13H19BrN2O. The predicted molar refractivity (Wildman–Crippen MR) is 75.4 cm³/mol. The number of benzene rings is 1. The fourth-order valence-corrected chi connectivity index (χ4v) is 2.46. The summed E-state index contributed by atoms with van der Waals surface area (Å²) in [7, 11) is 1.67. The van der Waals surface area contributed by atoms with Crippen molar-refractivity contribution in [2.75, 3.05) is 18.9 Å². The van der Waals surface area contributed by atoms with Gasteiger partial charge in [-0.05, 0) is 43.5 Å². The third-order valence-corrected chi connectivity index (χ3v) is 3.12. The Morgan fingerprint density at radius 1 is 1.29 bits per heavy atom. The van der Waals surface area contributed by atoms with Crippen molar-refractivity contribution in [3.8, 4) is 0 Å². The first-order valence-corrected chi connectivity index (χ1v) is 6.55. The molecule has 0 aliphatic rings. The Morgan fingerprint density at radius 3 is 2.41 bits per heavy atom. The third kappa shape index (κ3) is 4.38. The average Bonchev–Trinajstić information content (AvgIpc) is 2.26. The molecule has 0 saturated carbocycles. The first kappa shape index (κ1) is 14.0. The summed E-state index contributed by atoms with van der Waals surface area (Å²) in [5, 5.41) is 6.01. The van der Waals surface area contributed by atoms with Gasteiger partial charge in [-0.15, -0.1) is 0 Å². The van der Waals surface area contributed by atoms with E-state index in [1.165, 1.54) is 16.8 Å². The van der Waals surface area contributed by atoms with Crippen LogP contribution in [0.3, 0.4) is 0 Å². The Hall–Kier alpha value is -1.03. The molecule has 4 heteroatoms. The van der Waals surface area contributed by atoms with Crippen LogP contribution < -0.4 is 10.6 Å². The van der Waals surface area contributed by atoms with Crippen molar-refractivity contribution in [2.24, 2.45) is 0 Å². The van der Waals surface area contributed by atoms with E-state index in [9.17, 15) is 4.79 Å². The molecule has 3 nitrogen and oxygen atoms in total. The van der Waals surface area contributed by atoms with E-state index in [2.05, 4.69) is 52.5 Å². The van der Waals surface area contributed by atoms with Crippen molar-refractivity contribution < 1.29 is 4.79 Å². The maximum atomic E-state index is 11.1. The first-order chi connectivity index (χ1) is 8.04. The first-order valence-electron chi connectivity index (χ1n) is 5.75. The fourth-order valence-electron chi connectivity index (χ4n) is 1.78. The quantitative estimate of drug-likeness (QED) is 0.821. The summed E-state index contributed by atoms with van der Waals surface area (Å²) in [6.07, 6.45) is 1.41. The summed E-state index contributed by atoms with van der Waals surface area (Å²) >= 11 is 3.48. The highest BCUT2D eigenvalue weighted by atomic mass is 79.9. The second-order valence-corrected chi connectivity index (χ2v) is 5.03. The Bertz CT molecular complexity index is 381. The van der Waals surface area contributed by atoms with E-state index in [4.69, 9.17) is 0 Å². The summed E-state index contributed by atoms with van der Waals surface area (Å²) in [5.74, 6) is 0.0936. The van der Waals surface area contributed by atoms with E-state index < -0.39 is 0 Å². The van der Waals surface area contributed by atoms with Crippen LogP contribution in [0.4, 0.5) is 5.69 Å². The standard InChI is InChI=1S/C13H19BrN2O/c1-9-7-11(14)8-10(2)13(9)16-6-4-5-12(17)15-3/h7-8,16H,4-6H2,1-3H3,(H,15,17). The third-order valence-electron chi connectivity index (χ3n) is 2.66. The average molecular weight is 299 g/mol. The minimum absolute atomic E-state index is 0.0936. The van der Waals surface area contributed by atoms with Crippen molar-refractivity contribution in [3.05, 3.63) is 27.7 Å². The highest BCUT2D eigenvalue weighted by molar-refractivity contribution is 9.10. The van der Waals surface area contributed by atoms with Crippen LogP contribution in [0, 0.1) is 13.8 Å². The van der Waals surface area contributed by atoms with E-state index in [-0.39, 0.29) is 5.91 Å². The molecule has 94 valence electrons. The van der Waals surface area contributed by atoms with Gasteiger partial charge in [0.05, 0.1) is 0 Å². The number of carbonyl (C=O) groups excluding carboxylic acids is 1. The van der Waals surface area contributed by atoms with Gasteiger partial charge in [0.1, 0.15) is 0 Å². The van der Waals surface area contributed by atoms with Gasteiger partial charge >= 0.3 is 0 Å². The Balaban J connectivity index is 2.50. The van der Waals surface area contributed by atoms with Crippen LogP contribution in [0.2, 0.25) is 0 Å². The number of hydrogen-bond acceptors (Lipinski definition) is 2. The van der Waals surface area contributed by atoms with Crippen LogP contribution >= 0.6 is 15.9 Å². The monoisotopic (exact) mass is 298 g/mol. The van der Waals surface area contributed by atoms with Crippen LogP contribution in [-0.2, 0) is 4.79 Å². The summed E-state index contributed by atoms with van der Waals surface area (Å²) < 4.78 is 1.10. The molecule has 0 heterocycles. The molecule has 2 N–H and O–H groups in total. The number of carbonyl (C=O) groups is 1. The van der Waals surface area contributed by atoms with E-state index in [1.54, 1.807) is 7.05 Å². The van der Waals surface area contributed by atoms with E-state index >= 15 is 0 Å². The van der Waals surface area contributed by atoms with Crippen molar-refractivity contribution in [3.63, 3.8) is 0 Å². The number of amides is 1. The highest BCUT2D eigenvalue weighted by Crippen LogP contribution is 2.24. The molecule has 0 spiro atoms. The normalized spacial score (nSPS) is 10.1. The smallest absolute Gasteiger partial charge is 0.219 e. The molecule has 0 aromatic heterocycles. The highest BCUT2D eigenvalue weighted by Gasteiger charge is 2.04. The topological polar surface area (TPSA) is 41.1 Å². The van der Waals surface area contributed by atoms with Gasteiger partial charge in [-0.25, -0.2) is 0 Å². The van der Waals surface area contributed by atoms with Crippen LogP contribution in [0.1, 0.15) is 24.0 Å². The number of anilines is 1. The van der Waals surface area contributed by atoms with Gasteiger partial charge in [0.25, 0.3) is 0 Å². The van der Waals surface area contributed by atoms with E-state index in [0.29, 0.717) is 6.42 Å². The van der Waals surface area contributed by atoms with Gasteiger partial charge in [0.2, 0.25) is 5.91 Å². The van der Waals surface area contributed by atoms with Crippen LogP contribution in [0.25, 0.3) is 0 Å². The lowest BCUT2D eigenvalue weighted by Gasteiger charge is -2.13. The van der Waals surface area contributed by atoms with Gasteiger partial charge in [0.15, 0.2) is 0 Å². The number of rotatable bonds is 5. The number of aryl methyl sites for hydroxylation is 2. The largest absolute Gasteiger partial charge is 0.385 e. The number of halogens is 1. The van der Waals surface area contributed by atoms with Crippen LogP contribution in [0.15, 0.2) is 16.6 Å². The Labute approximate surface area is 111 Å². The minimum atomic E-state index is 0.0936. The number of nitrogens with one attached hydrogen (secondary N) is 2. The van der Waals surface area contributed by atoms with Gasteiger partial charge < -0.3 is 10.6 Å². The summed E-state index contributed by atoms with van der Waals surface area (Å²) in [5.41, 5.74) is 3.61. The molecule has 1 rings (SSSR count). The SMILES string of the molecule is CNC(=O)CCCNc1c(C)cc(Br)cc1C. The van der Waals surface area contributed by atoms with Crippen molar-refractivity contribution in [1.82, 2.24) is 5.32 Å². The second-order valence-electron chi connectivity index (χ2n) is 4.12. The van der Waals surface area contributed by atoms with Gasteiger partial charge in [-0.1, -0.05) is 15.9 Å². The zero-order chi connectivity index (χ0) is 12.8. The zero-order valence-corrected chi connectivity index (χ0v) is 12.1. The molecule has 1 aromatic carbocycles. The van der Waals surface area contributed by atoms with Crippen LogP contribution in [-0.4, -0.2) is 19.5 Å². The zero-order valence-electron chi connectivity index (χ0n) is 10.6. The summed E-state index contributed by atoms with van der Waals surface area (Å²) in [6, 6.07) is 4.18. The van der Waals surface area contributed by atoms with Gasteiger partial charge in [-0.3, -0.25) is 4.79 Å². The lowest BCUT2D eigenvalue weighted by Crippen LogP contribution is -2.18. The van der Waals surface area contributed by atoms with Crippen molar-refractivity contribution >= 4 is 27.5 Å². The molecule has 0 aliphatic heterocycles. The summed E-state index contributed by atoms with van der Waals surface area (Å²) in [4.78, 5) is 11.1. The van der Waals surface area contributed by atoms with E-state index in [0.717, 1.165) is 17.4 Å². The maximum absolute atomic E-state index is 11.1. The predicted octanol–water partition coefficient (Wildman–Crippen LogP) is 3.00. The van der Waals surface area contributed by atoms with Gasteiger partial charge in [0, 0.05) is 30.2 Å². The number of hydrogen-bond donors (Lipinski definition) is 2. The van der Waals surface area contributed by atoms with Crippen molar-refractivity contribution in [1.29, 1.82) is 0 Å². The molecule has 0 aliphatic carbocycles. The molecule has 1 amide bonds. The fraction of sp³-hybridized carbons (Fsp3) is 0.462. The molecule has 0 atom stereocenters. The molecule has 0 bridgehead atoms. The lowest BCUT2D eigenvalue weighted by atomic mass is 10.1. The molecule has 0 unspecified atom stereocenters. The van der Waals surface area contributed by atoms with Gasteiger partial charge in [-0.2, -0.15) is 0 Å².